The molecule has 0 heterocycles. The summed E-state index contributed by atoms with van der Waals surface area (Å²) in [4.78, 5) is 11.1. The Labute approximate surface area is 101 Å². The van der Waals surface area contributed by atoms with Gasteiger partial charge in [-0.2, -0.15) is 0 Å². The normalized spacial score (nSPS) is 26.1. The Morgan fingerprint density at radius 1 is 1.53 bits per heavy atom. The van der Waals surface area contributed by atoms with Gasteiger partial charge in [-0.25, -0.2) is 0 Å². The average molecular weight is 234 g/mol. The number of primary amides is 1. The van der Waals surface area contributed by atoms with Gasteiger partial charge in [-0.15, -0.1) is 0 Å². The molecule has 1 saturated carbocycles. The van der Waals surface area contributed by atoms with E-state index >= 15 is 0 Å². The first-order valence-electron chi connectivity index (χ1n) is 5.75. The van der Waals surface area contributed by atoms with Gasteiger partial charge in [0.2, 0.25) is 5.91 Å². The van der Waals surface area contributed by atoms with Gasteiger partial charge in [-0.3, -0.25) is 4.79 Å². The highest BCUT2D eigenvalue weighted by Crippen LogP contribution is 2.42. The maximum Gasteiger partial charge on any atom is 0.248 e. The van der Waals surface area contributed by atoms with Crippen molar-refractivity contribution in [2.45, 2.75) is 32.4 Å². The second-order valence-corrected chi connectivity index (χ2v) is 5.21. The number of aliphatic hydroxyl groups is 1. The predicted molar refractivity (Wildman–Crippen MR) is 66.8 cm³/mol. The fraction of sp³-hybridized carbons (Fsp3) is 0.462. The van der Waals surface area contributed by atoms with Crippen molar-refractivity contribution >= 4 is 11.6 Å². The van der Waals surface area contributed by atoms with E-state index in [2.05, 4.69) is 5.32 Å². The van der Waals surface area contributed by atoms with E-state index in [0.717, 1.165) is 12.1 Å². The minimum absolute atomic E-state index is 0.136. The third-order valence-corrected chi connectivity index (χ3v) is 3.70. The van der Waals surface area contributed by atoms with E-state index in [1.807, 2.05) is 19.9 Å². The number of hydrogen-bond acceptors (Lipinski definition) is 3. The largest absolute Gasteiger partial charge is 0.392 e. The van der Waals surface area contributed by atoms with Gasteiger partial charge in [0.05, 0.1) is 6.10 Å². The molecule has 0 radical (unpaired) electrons. The van der Waals surface area contributed by atoms with Crippen LogP contribution in [0.4, 0.5) is 5.69 Å². The molecule has 0 bridgehead atoms. The molecule has 1 aromatic rings. The molecule has 0 aromatic heterocycles. The van der Waals surface area contributed by atoms with Crippen LogP contribution in [0.3, 0.4) is 0 Å². The van der Waals surface area contributed by atoms with Crippen LogP contribution in [0.2, 0.25) is 0 Å². The minimum atomic E-state index is -0.429. The van der Waals surface area contributed by atoms with Gasteiger partial charge in [-0.1, -0.05) is 19.9 Å². The summed E-state index contributed by atoms with van der Waals surface area (Å²) in [5, 5.41) is 13.0. The zero-order chi connectivity index (χ0) is 12.6. The van der Waals surface area contributed by atoms with Crippen LogP contribution in [0.5, 0.6) is 0 Å². The van der Waals surface area contributed by atoms with Crippen molar-refractivity contribution in [2.24, 2.45) is 11.1 Å². The van der Waals surface area contributed by atoms with Gasteiger partial charge in [0.25, 0.3) is 0 Å². The Balaban J connectivity index is 2.10. The number of nitrogens with two attached hydrogens (primary N) is 1. The number of aliphatic hydroxyl groups excluding tert-OH is 1. The lowest BCUT2D eigenvalue weighted by Gasteiger charge is -2.49. The molecule has 2 atom stereocenters. The summed E-state index contributed by atoms with van der Waals surface area (Å²) in [5.74, 6) is -0.429. The minimum Gasteiger partial charge on any atom is -0.392 e. The molecule has 2 unspecified atom stereocenters. The second-order valence-electron chi connectivity index (χ2n) is 5.21. The molecule has 4 heteroatoms. The van der Waals surface area contributed by atoms with E-state index < -0.39 is 5.91 Å². The molecule has 4 nitrogen and oxygen atoms in total. The van der Waals surface area contributed by atoms with Crippen molar-refractivity contribution in [3.63, 3.8) is 0 Å². The van der Waals surface area contributed by atoms with Crippen molar-refractivity contribution in [2.75, 3.05) is 5.32 Å². The number of carbonyl (C=O) groups is 1. The molecule has 1 fully saturated rings. The maximum atomic E-state index is 11.1. The first-order chi connectivity index (χ1) is 7.91. The lowest BCUT2D eigenvalue weighted by molar-refractivity contribution is -0.0510. The summed E-state index contributed by atoms with van der Waals surface area (Å²) in [7, 11) is 0. The van der Waals surface area contributed by atoms with Crippen LogP contribution in [-0.4, -0.2) is 23.2 Å². The summed E-state index contributed by atoms with van der Waals surface area (Å²) in [6, 6.07) is 7.34. The molecular formula is C13H18N2O2. The smallest absolute Gasteiger partial charge is 0.248 e. The Morgan fingerprint density at radius 3 is 2.76 bits per heavy atom. The number of rotatable bonds is 3. The average Bonchev–Trinajstić information content (AvgIpc) is 2.29. The van der Waals surface area contributed by atoms with Crippen LogP contribution in [0.25, 0.3) is 0 Å². The van der Waals surface area contributed by atoms with E-state index in [9.17, 15) is 9.90 Å². The van der Waals surface area contributed by atoms with E-state index in [1.54, 1.807) is 18.2 Å². The number of benzene rings is 1. The van der Waals surface area contributed by atoms with Gasteiger partial charge in [0, 0.05) is 22.7 Å². The van der Waals surface area contributed by atoms with Crippen LogP contribution in [0.1, 0.15) is 30.6 Å². The quantitative estimate of drug-likeness (QED) is 0.739. The third kappa shape index (κ3) is 2.13. The van der Waals surface area contributed by atoms with Crippen molar-refractivity contribution < 1.29 is 9.90 Å². The monoisotopic (exact) mass is 234 g/mol. The van der Waals surface area contributed by atoms with E-state index in [0.29, 0.717) is 5.56 Å². The first-order valence-corrected chi connectivity index (χ1v) is 5.75. The number of hydrogen-bond donors (Lipinski definition) is 3. The van der Waals surface area contributed by atoms with E-state index in [1.165, 1.54) is 0 Å². The molecule has 17 heavy (non-hydrogen) atoms. The highest BCUT2D eigenvalue weighted by atomic mass is 16.3. The Bertz CT molecular complexity index is 443. The molecule has 2 rings (SSSR count). The van der Waals surface area contributed by atoms with Gasteiger partial charge in [0.1, 0.15) is 0 Å². The Kier molecular flexibility index (Phi) is 2.83. The van der Waals surface area contributed by atoms with Crippen LogP contribution >= 0.6 is 0 Å². The Hall–Kier alpha value is -1.55. The number of amides is 1. The molecule has 0 aliphatic heterocycles. The summed E-state index contributed by atoms with van der Waals surface area (Å²) in [6.07, 6.45) is 0.465. The van der Waals surface area contributed by atoms with Gasteiger partial charge >= 0.3 is 0 Å². The molecule has 4 N–H and O–H groups in total. The zero-order valence-corrected chi connectivity index (χ0v) is 10.1. The van der Waals surface area contributed by atoms with Crippen LogP contribution in [0.15, 0.2) is 24.3 Å². The summed E-state index contributed by atoms with van der Waals surface area (Å²) >= 11 is 0. The molecule has 0 spiro atoms. The molecule has 1 aromatic carbocycles. The molecule has 1 aliphatic rings. The van der Waals surface area contributed by atoms with Gasteiger partial charge in [-0.05, 0) is 24.6 Å². The van der Waals surface area contributed by atoms with Crippen LogP contribution in [0, 0.1) is 5.41 Å². The number of anilines is 1. The van der Waals surface area contributed by atoms with Crippen molar-refractivity contribution in [3.05, 3.63) is 29.8 Å². The fourth-order valence-corrected chi connectivity index (χ4v) is 2.11. The zero-order valence-electron chi connectivity index (χ0n) is 10.1. The van der Waals surface area contributed by atoms with Crippen molar-refractivity contribution in [1.29, 1.82) is 0 Å². The summed E-state index contributed by atoms with van der Waals surface area (Å²) in [5.41, 5.74) is 6.45. The Morgan fingerprint density at radius 2 is 2.24 bits per heavy atom. The first kappa shape index (κ1) is 11.9. The summed E-state index contributed by atoms with van der Waals surface area (Å²) in [6.45, 7) is 4.05. The molecule has 1 aliphatic carbocycles. The fourth-order valence-electron chi connectivity index (χ4n) is 2.11. The van der Waals surface area contributed by atoms with Crippen LogP contribution < -0.4 is 11.1 Å². The van der Waals surface area contributed by atoms with E-state index in [-0.39, 0.29) is 17.6 Å². The topological polar surface area (TPSA) is 75.3 Å². The lowest BCUT2D eigenvalue weighted by atomic mass is 9.64. The van der Waals surface area contributed by atoms with E-state index in [4.69, 9.17) is 5.73 Å². The van der Waals surface area contributed by atoms with Crippen molar-refractivity contribution in [1.82, 2.24) is 0 Å². The standard InChI is InChI=1S/C13H18N2O2/c1-13(2)10(7-11(13)16)15-9-5-3-4-8(6-9)12(14)17/h3-6,10-11,15-16H,7H2,1-2H3,(H2,14,17). The predicted octanol–water partition coefficient (Wildman–Crippen LogP) is 1.36. The molecule has 92 valence electrons. The molecular weight excluding hydrogens is 216 g/mol. The van der Waals surface area contributed by atoms with Crippen LogP contribution in [-0.2, 0) is 0 Å². The SMILES string of the molecule is CC1(C)C(O)CC1Nc1cccc(C(N)=O)c1. The summed E-state index contributed by atoms with van der Waals surface area (Å²) < 4.78 is 0. The highest BCUT2D eigenvalue weighted by Gasteiger charge is 2.47. The third-order valence-electron chi connectivity index (χ3n) is 3.70. The maximum absolute atomic E-state index is 11.1. The van der Waals surface area contributed by atoms with Gasteiger partial charge < -0.3 is 16.2 Å². The molecule has 1 amide bonds. The lowest BCUT2D eigenvalue weighted by Crippen LogP contribution is -2.56. The number of carbonyl (C=O) groups excluding carboxylic acids is 1. The van der Waals surface area contributed by atoms with Gasteiger partial charge in [0.15, 0.2) is 0 Å². The van der Waals surface area contributed by atoms with Crippen molar-refractivity contribution in [3.8, 4) is 0 Å². The molecule has 0 saturated heterocycles. The second kappa shape index (κ2) is 4.04. The number of nitrogens with one attached hydrogen (secondary N) is 1. The highest BCUT2D eigenvalue weighted by molar-refractivity contribution is 5.93.